The maximum atomic E-state index is 13.2. The van der Waals surface area contributed by atoms with Crippen LogP contribution in [0.4, 0.5) is 4.79 Å². The minimum Gasteiger partial charge on any atom is -0.378 e. The first-order valence-corrected chi connectivity index (χ1v) is 13.2. The monoisotopic (exact) mass is 505 g/mol. The summed E-state index contributed by atoms with van der Waals surface area (Å²) in [4.78, 5) is 44.4. The van der Waals surface area contributed by atoms with Crippen molar-refractivity contribution >= 4 is 27.6 Å². The van der Waals surface area contributed by atoms with Crippen LogP contribution in [0, 0.1) is 0 Å². The molecule has 0 bridgehead atoms. The van der Waals surface area contributed by atoms with Crippen LogP contribution in [-0.4, -0.2) is 84.7 Å². The van der Waals surface area contributed by atoms with Crippen LogP contribution in [0.2, 0.25) is 0 Å². The number of morpholine rings is 1. The molecular formula is C23H31N5O6S. The zero-order valence-corrected chi connectivity index (χ0v) is 20.7. The second-order valence-electron chi connectivity index (χ2n) is 8.34. The summed E-state index contributed by atoms with van der Waals surface area (Å²) in [5.74, 6) is -1.88. The molecule has 1 aromatic heterocycles. The summed E-state index contributed by atoms with van der Waals surface area (Å²) < 4.78 is 32.7. The van der Waals surface area contributed by atoms with E-state index in [1.165, 1.54) is 11.1 Å². The molecule has 1 aliphatic heterocycles. The number of hydrogen-bond acceptors (Lipinski definition) is 7. The molecule has 1 aliphatic rings. The predicted octanol–water partition coefficient (Wildman–Crippen LogP) is 0.523. The molecule has 1 fully saturated rings. The molecule has 2 atom stereocenters. The van der Waals surface area contributed by atoms with Gasteiger partial charge in [-0.15, -0.1) is 0 Å². The lowest BCUT2D eigenvalue weighted by Gasteiger charge is -2.29. The molecule has 0 saturated carbocycles. The van der Waals surface area contributed by atoms with Crippen molar-refractivity contribution in [3.63, 3.8) is 0 Å². The summed E-state index contributed by atoms with van der Waals surface area (Å²) in [7, 11) is -2.13. The van der Waals surface area contributed by atoms with Crippen molar-refractivity contribution in [3.05, 3.63) is 54.1 Å². The van der Waals surface area contributed by atoms with Crippen molar-refractivity contribution in [2.24, 2.45) is 7.05 Å². The Morgan fingerprint density at radius 2 is 1.77 bits per heavy atom. The lowest BCUT2D eigenvalue weighted by Crippen LogP contribution is -2.57. The normalized spacial score (nSPS) is 15.8. The summed E-state index contributed by atoms with van der Waals surface area (Å²) in [6.45, 7) is 3.08. The molecule has 35 heavy (non-hydrogen) atoms. The van der Waals surface area contributed by atoms with E-state index in [-0.39, 0.29) is 18.0 Å². The Labute approximate surface area is 204 Å². The Bertz CT molecular complexity index is 1130. The number of carbonyl (C=O) groups excluding carboxylic acids is 3. The third kappa shape index (κ3) is 7.36. The molecule has 1 saturated heterocycles. The van der Waals surface area contributed by atoms with E-state index < -0.39 is 45.4 Å². The summed E-state index contributed by atoms with van der Waals surface area (Å²) in [6.07, 6.45) is 3.35. The highest BCUT2D eigenvalue weighted by molar-refractivity contribution is 7.90. The number of ether oxygens (including phenoxy) is 1. The van der Waals surface area contributed by atoms with Crippen LogP contribution in [0.15, 0.2) is 42.7 Å². The van der Waals surface area contributed by atoms with Crippen LogP contribution in [-0.2, 0) is 32.2 Å². The van der Waals surface area contributed by atoms with Crippen LogP contribution < -0.4 is 10.6 Å². The minimum atomic E-state index is -3.79. The summed E-state index contributed by atoms with van der Waals surface area (Å²) in [6, 6.07) is 5.71. The second-order valence-corrected chi connectivity index (χ2v) is 10.4. The predicted molar refractivity (Wildman–Crippen MR) is 128 cm³/mol. The van der Waals surface area contributed by atoms with Gasteiger partial charge in [0.2, 0.25) is 11.7 Å². The van der Waals surface area contributed by atoms with E-state index in [0.717, 1.165) is 0 Å². The Morgan fingerprint density at radius 3 is 2.37 bits per heavy atom. The van der Waals surface area contributed by atoms with E-state index in [1.54, 1.807) is 55.1 Å². The largest absolute Gasteiger partial charge is 0.378 e. The van der Waals surface area contributed by atoms with Crippen molar-refractivity contribution < 1.29 is 27.5 Å². The van der Waals surface area contributed by atoms with Gasteiger partial charge in [0.15, 0.2) is 15.7 Å². The van der Waals surface area contributed by atoms with Crippen molar-refractivity contribution in [2.45, 2.75) is 31.2 Å². The highest BCUT2D eigenvalue weighted by atomic mass is 32.2. The van der Waals surface area contributed by atoms with Gasteiger partial charge in [-0.25, -0.2) is 18.2 Å². The van der Waals surface area contributed by atoms with Crippen LogP contribution in [0.3, 0.4) is 0 Å². The Morgan fingerprint density at radius 1 is 1.09 bits per heavy atom. The van der Waals surface area contributed by atoms with Gasteiger partial charge in [0.05, 0.1) is 30.8 Å². The quantitative estimate of drug-likeness (QED) is 0.449. The molecular weight excluding hydrogens is 474 g/mol. The molecule has 0 spiro atoms. The zero-order chi connectivity index (χ0) is 25.4. The van der Waals surface area contributed by atoms with Gasteiger partial charge in [-0.3, -0.25) is 9.59 Å². The van der Waals surface area contributed by atoms with Crippen molar-refractivity contribution in [1.29, 1.82) is 0 Å². The molecule has 190 valence electrons. The Balaban J connectivity index is 1.77. The van der Waals surface area contributed by atoms with Crippen molar-refractivity contribution in [3.8, 4) is 0 Å². The lowest BCUT2D eigenvalue weighted by molar-refractivity contribution is -0.123. The molecule has 3 rings (SSSR count). The number of Topliss-reactive ketones (excluding diaryl/α,β-unsaturated/α-hetero) is 1. The van der Waals surface area contributed by atoms with E-state index in [9.17, 15) is 22.8 Å². The van der Waals surface area contributed by atoms with Crippen LogP contribution in [0.1, 0.15) is 29.5 Å². The fourth-order valence-electron chi connectivity index (χ4n) is 3.71. The van der Waals surface area contributed by atoms with Gasteiger partial charge in [-0.05, 0) is 12.0 Å². The molecule has 12 heteroatoms. The Kier molecular flexibility index (Phi) is 8.99. The molecule has 0 aliphatic carbocycles. The van der Waals surface area contributed by atoms with E-state index >= 15 is 0 Å². The number of rotatable bonds is 10. The van der Waals surface area contributed by atoms with Crippen LogP contribution >= 0.6 is 0 Å². The minimum absolute atomic E-state index is 0.169. The van der Waals surface area contributed by atoms with E-state index in [2.05, 4.69) is 15.6 Å². The molecule has 1 aromatic carbocycles. The molecule has 0 radical (unpaired) electrons. The molecule has 2 heterocycles. The second kappa shape index (κ2) is 11.9. The smallest absolute Gasteiger partial charge is 0.318 e. The number of nitrogens with one attached hydrogen (secondary N) is 2. The number of aryl methyl sites for hydroxylation is 1. The SMILES string of the molecule is CC[C@H](NC(=O)[C@H](CS(=O)(=O)Cc1ccccc1)NC(=O)N1CCOCC1)C(=O)c1nccn1C. The van der Waals surface area contributed by atoms with Gasteiger partial charge in [-0.1, -0.05) is 37.3 Å². The average Bonchev–Trinajstić information content (AvgIpc) is 3.28. The maximum Gasteiger partial charge on any atom is 0.318 e. The first-order chi connectivity index (χ1) is 16.7. The van der Waals surface area contributed by atoms with E-state index in [4.69, 9.17) is 4.74 Å². The molecule has 3 amide bonds. The number of aromatic nitrogens is 2. The first kappa shape index (κ1) is 26.4. The van der Waals surface area contributed by atoms with Gasteiger partial charge < -0.3 is 24.8 Å². The van der Waals surface area contributed by atoms with Gasteiger partial charge in [0.1, 0.15) is 6.04 Å². The number of ketones is 1. The number of hydrogen-bond donors (Lipinski definition) is 2. The fourth-order valence-corrected chi connectivity index (χ4v) is 5.28. The van der Waals surface area contributed by atoms with Gasteiger partial charge in [-0.2, -0.15) is 0 Å². The summed E-state index contributed by atoms with van der Waals surface area (Å²) in [5, 5.41) is 5.16. The van der Waals surface area contributed by atoms with Crippen molar-refractivity contribution in [2.75, 3.05) is 32.1 Å². The van der Waals surface area contributed by atoms with Gasteiger partial charge in [0, 0.05) is 32.5 Å². The standard InChI is InChI=1S/C23H31N5O6S/c1-3-18(20(29)21-24-9-10-27(21)2)25-22(30)19(26-23(31)28-11-13-34-14-12-28)16-35(32,33)15-17-7-5-4-6-8-17/h4-10,18-19H,3,11-16H2,1-2H3,(H,25,30)(H,26,31)/t18-,19-/m0/s1. The van der Waals surface area contributed by atoms with Crippen LogP contribution in [0.25, 0.3) is 0 Å². The zero-order valence-electron chi connectivity index (χ0n) is 19.8. The van der Waals surface area contributed by atoms with Crippen LogP contribution in [0.5, 0.6) is 0 Å². The third-order valence-electron chi connectivity index (χ3n) is 5.65. The summed E-state index contributed by atoms with van der Waals surface area (Å²) in [5.41, 5.74) is 0.572. The third-order valence-corrected chi connectivity index (χ3v) is 7.26. The number of carbonyl (C=O) groups is 3. The number of benzene rings is 1. The van der Waals surface area contributed by atoms with E-state index in [0.29, 0.717) is 31.9 Å². The fraction of sp³-hybridized carbons (Fsp3) is 0.478. The molecule has 11 nitrogen and oxygen atoms in total. The number of urea groups is 1. The topological polar surface area (TPSA) is 140 Å². The first-order valence-electron chi connectivity index (χ1n) is 11.4. The highest BCUT2D eigenvalue weighted by Crippen LogP contribution is 2.10. The van der Waals surface area contributed by atoms with Gasteiger partial charge >= 0.3 is 6.03 Å². The average molecular weight is 506 g/mol. The molecule has 0 unspecified atom stereocenters. The highest BCUT2D eigenvalue weighted by Gasteiger charge is 2.32. The molecule has 2 aromatic rings. The number of imidazole rings is 1. The maximum absolute atomic E-state index is 13.2. The van der Waals surface area contributed by atoms with Crippen molar-refractivity contribution in [1.82, 2.24) is 25.1 Å². The number of amides is 3. The van der Waals surface area contributed by atoms with Gasteiger partial charge in [0.25, 0.3) is 0 Å². The van der Waals surface area contributed by atoms with E-state index in [1.807, 2.05) is 0 Å². The number of nitrogens with zero attached hydrogens (tertiary/aromatic N) is 3. The lowest BCUT2D eigenvalue weighted by atomic mass is 10.1. The molecule has 2 N–H and O–H groups in total. The summed E-state index contributed by atoms with van der Waals surface area (Å²) >= 11 is 0. The number of sulfone groups is 1. The Hall–Kier alpha value is -3.25.